The van der Waals surface area contributed by atoms with Crippen molar-refractivity contribution in [1.82, 2.24) is 4.90 Å². The number of non-ortho nitro benzene ring substituents is 2. The number of carbonyl (C=O) groups excluding carboxylic acids is 2. The lowest BCUT2D eigenvalue weighted by Crippen LogP contribution is -2.44. The molecule has 10 nitrogen and oxygen atoms in total. The summed E-state index contributed by atoms with van der Waals surface area (Å²) in [6.07, 6.45) is 0. The topological polar surface area (TPSA) is 133 Å². The van der Waals surface area contributed by atoms with Crippen molar-refractivity contribution in [2.75, 3.05) is 7.11 Å². The zero-order valence-corrected chi connectivity index (χ0v) is 21.5. The summed E-state index contributed by atoms with van der Waals surface area (Å²) in [4.78, 5) is 50.4. The highest BCUT2D eigenvalue weighted by Crippen LogP contribution is 2.41. The molecule has 0 saturated carbocycles. The molecule has 38 heavy (non-hydrogen) atoms. The second kappa shape index (κ2) is 12.1. The number of benzene rings is 3. The van der Waals surface area contributed by atoms with E-state index < -0.39 is 51.1 Å². The van der Waals surface area contributed by atoms with Crippen molar-refractivity contribution >= 4 is 23.3 Å². The third-order valence-corrected chi connectivity index (χ3v) is 6.48. The predicted molar refractivity (Wildman–Crippen MR) is 140 cm³/mol. The van der Waals surface area contributed by atoms with Crippen LogP contribution in [0.25, 0.3) is 0 Å². The molecule has 0 radical (unpaired) electrons. The van der Waals surface area contributed by atoms with Gasteiger partial charge in [-0.05, 0) is 24.0 Å². The van der Waals surface area contributed by atoms with Crippen molar-refractivity contribution < 1.29 is 24.2 Å². The standard InChI is InChI=1S/C28H29N3O7/c1-18(2)25(28(33)38-4)26(21-13-9-6-10-14-21)29(19(3)20-11-7-5-8-12-20)27(32)22-15-23(30(34)35)17-24(16-22)31(36)37/h5-19,25-26H,1-4H3/t19-,25+,26-/m1/s1. The summed E-state index contributed by atoms with van der Waals surface area (Å²) in [7, 11) is 1.27. The normalized spacial score (nSPS) is 13.3. The molecule has 3 rings (SSSR count). The molecule has 0 aliphatic rings. The first kappa shape index (κ1) is 28.0. The monoisotopic (exact) mass is 519 g/mol. The summed E-state index contributed by atoms with van der Waals surface area (Å²) in [5, 5.41) is 23.1. The van der Waals surface area contributed by atoms with Gasteiger partial charge in [-0.1, -0.05) is 74.5 Å². The Labute approximate surface area is 220 Å². The summed E-state index contributed by atoms with van der Waals surface area (Å²) >= 11 is 0. The van der Waals surface area contributed by atoms with Crippen molar-refractivity contribution in [3.63, 3.8) is 0 Å². The lowest BCUT2D eigenvalue weighted by atomic mass is 9.82. The molecule has 0 aliphatic heterocycles. The Kier molecular flexibility index (Phi) is 8.90. The van der Waals surface area contributed by atoms with Gasteiger partial charge in [0.1, 0.15) is 0 Å². The Bertz CT molecular complexity index is 1280. The number of nitrogens with zero attached hydrogens (tertiary/aromatic N) is 3. The second-order valence-electron chi connectivity index (χ2n) is 9.20. The van der Waals surface area contributed by atoms with Crippen LogP contribution >= 0.6 is 0 Å². The van der Waals surface area contributed by atoms with Gasteiger partial charge in [-0.25, -0.2) is 0 Å². The molecular weight excluding hydrogens is 490 g/mol. The Hall–Kier alpha value is -4.60. The fourth-order valence-electron chi connectivity index (χ4n) is 4.61. The Morgan fingerprint density at radius 2 is 1.26 bits per heavy atom. The highest BCUT2D eigenvalue weighted by Gasteiger charge is 2.42. The molecule has 0 unspecified atom stereocenters. The number of esters is 1. The number of carbonyl (C=O) groups is 2. The summed E-state index contributed by atoms with van der Waals surface area (Å²) < 4.78 is 5.14. The van der Waals surface area contributed by atoms with Crippen LogP contribution in [0.5, 0.6) is 0 Å². The minimum absolute atomic E-state index is 0.234. The largest absolute Gasteiger partial charge is 0.469 e. The molecule has 0 fully saturated rings. The van der Waals surface area contributed by atoms with Gasteiger partial charge >= 0.3 is 5.97 Å². The van der Waals surface area contributed by atoms with E-state index in [-0.39, 0.29) is 11.5 Å². The Morgan fingerprint density at radius 3 is 1.68 bits per heavy atom. The highest BCUT2D eigenvalue weighted by molar-refractivity contribution is 5.96. The predicted octanol–water partition coefficient (Wildman–Crippen LogP) is 5.89. The average Bonchev–Trinajstić information content (AvgIpc) is 2.92. The maximum atomic E-state index is 14.3. The summed E-state index contributed by atoms with van der Waals surface area (Å²) in [6, 6.07) is 19.4. The smallest absolute Gasteiger partial charge is 0.311 e. The minimum Gasteiger partial charge on any atom is -0.469 e. The van der Waals surface area contributed by atoms with Crippen LogP contribution in [0.1, 0.15) is 54.3 Å². The van der Waals surface area contributed by atoms with E-state index in [2.05, 4.69) is 0 Å². The number of nitro groups is 2. The molecule has 1 amide bonds. The van der Waals surface area contributed by atoms with Crippen molar-refractivity contribution in [1.29, 1.82) is 0 Å². The first-order valence-electron chi connectivity index (χ1n) is 12.0. The molecule has 3 aromatic rings. The van der Waals surface area contributed by atoms with E-state index in [1.165, 1.54) is 12.0 Å². The van der Waals surface area contributed by atoms with Crippen molar-refractivity contribution in [2.45, 2.75) is 32.9 Å². The molecule has 198 valence electrons. The van der Waals surface area contributed by atoms with Crippen LogP contribution in [-0.4, -0.2) is 33.7 Å². The van der Waals surface area contributed by atoms with Crippen LogP contribution < -0.4 is 0 Å². The quantitative estimate of drug-likeness (QED) is 0.185. The molecular formula is C28H29N3O7. The molecule has 0 spiro atoms. The van der Waals surface area contributed by atoms with Crippen LogP contribution in [0.15, 0.2) is 78.9 Å². The van der Waals surface area contributed by atoms with Gasteiger partial charge in [-0.15, -0.1) is 0 Å². The lowest BCUT2D eigenvalue weighted by Gasteiger charge is -2.41. The van der Waals surface area contributed by atoms with E-state index in [1.54, 1.807) is 37.3 Å². The number of hydrogen-bond donors (Lipinski definition) is 0. The van der Waals surface area contributed by atoms with Crippen LogP contribution in [0.2, 0.25) is 0 Å². The van der Waals surface area contributed by atoms with Gasteiger partial charge < -0.3 is 9.64 Å². The molecule has 0 aliphatic carbocycles. The first-order chi connectivity index (χ1) is 18.1. The fourth-order valence-corrected chi connectivity index (χ4v) is 4.61. The maximum absolute atomic E-state index is 14.3. The first-order valence-corrected chi connectivity index (χ1v) is 12.0. The molecule has 3 aromatic carbocycles. The minimum atomic E-state index is -0.857. The van der Waals surface area contributed by atoms with Crippen LogP contribution in [0, 0.1) is 32.1 Å². The van der Waals surface area contributed by atoms with Gasteiger partial charge in [0.2, 0.25) is 0 Å². The van der Waals surface area contributed by atoms with Crippen LogP contribution in [0.4, 0.5) is 11.4 Å². The summed E-state index contributed by atoms with van der Waals surface area (Å²) in [5.74, 6) is -2.31. The zero-order valence-electron chi connectivity index (χ0n) is 21.5. The molecule has 0 bridgehead atoms. The SMILES string of the molecule is COC(=O)[C@@H](C(C)C)[C@@H](c1ccccc1)N(C(=O)c1cc([N+](=O)[O-])cc([N+](=O)[O-])c1)[C@H](C)c1ccccc1. The average molecular weight is 520 g/mol. The Balaban J connectivity index is 2.33. The van der Waals surface area contributed by atoms with Gasteiger partial charge in [0, 0.05) is 12.1 Å². The third-order valence-electron chi connectivity index (χ3n) is 6.48. The molecule has 0 aromatic heterocycles. The van der Waals surface area contributed by atoms with E-state index in [0.29, 0.717) is 5.56 Å². The number of methoxy groups -OCH3 is 1. The van der Waals surface area contributed by atoms with Gasteiger partial charge in [0.05, 0.1) is 46.6 Å². The molecule has 0 heterocycles. The van der Waals surface area contributed by atoms with Crippen LogP contribution in [0.3, 0.4) is 0 Å². The van der Waals surface area contributed by atoms with Gasteiger partial charge in [-0.3, -0.25) is 29.8 Å². The Morgan fingerprint density at radius 1 is 0.789 bits per heavy atom. The van der Waals surface area contributed by atoms with Gasteiger partial charge in [0.25, 0.3) is 17.3 Å². The van der Waals surface area contributed by atoms with E-state index in [9.17, 15) is 29.8 Å². The molecule has 0 N–H and O–H groups in total. The number of hydrogen-bond acceptors (Lipinski definition) is 7. The summed E-state index contributed by atoms with van der Waals surface area (Å²) in [6.45, 7) is 5.46. The number of nitro benzene ring substituents is 2. The second-order valence-corrected chi connectivity index (χ2v) is 9.20. The van der Waals surface area contributed by atoms with Crippen molar-refractivity contribution in [3.8, 4) is 0 Å². The molecule has 3 atom stereocenters. The highest BCUT2D eigenvalue weighted by atomic mass is 16.6. The van der Waals surface area contributed by atoms with Gasteiger partial charge in [0.15, 0.2) is 0 Å². The third kappa shape index (κ3) is 6.03. The fraction of sp³-hybridized carbons (Fsp3) is 0.286. The van der Waals surface area contributed by atoms with E-state index >= 15 is 0 Å². The van der Waals surface area contributed by atoms with Gasteiger partial charge in [-0.2, -0.15) is 0 Å². The number of amides is 1. The van der Waals surface area contributed by atoms with Crippen LogP contribution in [-0.2, 0) is 9.53 Å². The summed E-state index contributed by atoms with van der Waals surface area (Å²) in [5.41, 5.74) is -0.0114. The van der Waals surface area contributed by atoms with E-state index in [0.717, 1.165) is 23.8 Å². The maximum Gasteiger partial charge on any atom is 0.311 e. The van der Waals surface area contributed by atoms with Crippen molar-refractivity contribution in [2.24, 2.45) is 11.8 Å². The molecule has 10 heteroatoms. The van der Waals surface area contributed by atoms with E-state index in [4.69, 9.17) is 4.74 Å². The number of rotatable bonds is 10. The molecule has 0 saturated heterocycles. The van der Waals surface area contributed by atoms with E-state index in [1.807, 2.05) is 44.2 Å². The zero-order chi connectivity index (χ0) is 28.0. The van der Waals surface area contributed by atoms with Crippen molar-refractivity contribution in [3.05, 3.63) is 116 Å². The number of ether oxygens (including phenoxy) is 1. The lowest BCUT2D eigenvalue weighted by molar-refractivity contribution is -0.394.